The van der Waals surface area contributed by atoms with E-state index in [2.05, 4.69) is 24.8 Å². The largest absolute Gasteiger partial charge is 0.378 e. The number of H-pyrrole nitrogens is 2. The van der Waals surface area contributed by atoms with E-state index < -0.39 is 0 Å². The molecule has 2 aliphatic rings. The van der Waals surface area contributed by atoms with Crippen LogP contribution in [0.4, 0.5) is 5.13 Å². The van der Waals surface area contributed by atoms with Crippen LogP contribution in [0, 0.1) is 4.77 Å². The van der Waals surface area contributed by atoms with Crippen molar-refractivity contribution in [1.29, 1.82) is 0 Å². The van der Waals surface area contributed by atoms with Crippen LogP contribution in [0.3, 0.4) is 0 Å². The summed E-state index contributed by atoms with van der Waals surface area (Å²) < 4.78 is 5.79. The molecule has 24 heavy (non-hydrogen) atoms. The van der Waals surface area contributed by atoms with E-state index in [1.165, 1.54) is 4.88 Å². The SMILES string of the molecule is O=c1[nH]c(=S)[nH]c2c1CN(Cc1cnc(N3CCOCC3)s1)CC2. The Hall–Kier alpha value is -1.55. The van der Waals surface area contributed by atoms with Crippen molar-refractivity contribution in [3.8, 4) is 0 Å². The van der Waals surface area contributed by atoms with E-state index >= 15 is 0 Å². The van der Waals surface area contributed by atoms with Gasteiger partial charge in [-0.3, -0.25) is 14.7 Å². The number of aromatic amines is 2. The molecule has 0 unspecified atom stereocenters. The van der Waals surface area contributed by atoms with Gasteiger partial charge in [0, 0.05) is 55.9 Å². The number of hydrogen-bond donors (Lipinski definition) is 2. The van der Waals surface area contributed by atoms with Crippen molar-refractivity contribution in [3.05, 3.63) is 37.5 Å². The van der Waals surface area contributed by atoms with Crippen LogP contribution < -0.4 is 10.5 Å². The third-order valence-electron chi connectivity index (χ3n) is 4.39. The number of thiazole rings is 1. The van der Waals surface area contributed by atoms with Crippen LogP contribution in [0.25, 0.3) is 0 Å². The number of aromatic nitrogens is 3. The first kappa shape index (κ1) is 15.9. The number of morpholine rings is 1. The predicted molar refractivity (Wildman–Crippen MR) is 95.2 cm³/mol. The third kappa shape index (κ3) is 3.30. The molecule has 0 amide bonds. The molecular weight excluding hydrogens is 346 g/mol. The summed E-state index contributed by atoms with van der Waals surface area (Å²) in [5.74, 6) is 0. The highest BCUT2D eigenvalue weighted by Crippen LogP contribution is 2.25. The van der Waals surface area contributed by atoms with Crippen LogP contribution >= 0.6 is 23.6 Å². The van der Waals surface area contributed by atoms with E-state index in [1.54, 1.807) is 11.3 Å². The maximum atomic E-state index is 12.1. The second kappa shape index (κ2) is 6.75. The fourth-order valence-electron chi connectivity index (χ4n) is 3.14. The molecule has 0 saturated carbocycles. The number of hydrogen-bond acceptors (Lipinski definition) is 7. The topological polar surface area (TPSA) is 77.2 Å². The van der Waals surface area contributed by atoms with Gasteiger partial charge in [-0.15, -0.1) is 11.3 Å². The molecule has 4 heterocycles. The van der Waals surface area contributed by atoms with Crippen molar-refractivity contribution in [2.24, 2.45) is 0 Å². The molecule has 2 aromatic rings. The average Bonchev–Trinajstić information content (AvgIpc) is 3.05. The summed E-state index contributed by atoms with van der Waals surface area (Å²) >= 11 is 6.77. The lowest BCUT2D eigenvalue weighted by Gasteiger charge is -2.27. The molecule has 0 aliphatic carbocycles. The fourth-order valence-corrected chi connectivity index (χ4v) is 4.36. The molecule has 7 nitrogen and oxygen atoms in total. The van der Waals surface area contributed by atoms with Gasteiger partial charge in [-0.05, 0) is 12.2 Å². The fraction of sp³-hybridized carbons (Fsp3) is 0.533. The molecule has 0 bridgehead atoms. The Bertz CT molecular complexity index is 837. The monoisotopic (exact) mass is 365 g/mol. The average molecular weight is 365 g/mol. The Morgan fingerprint density at radius 1 is 1.29 bits per heavy atom. The summed E-state index contributed by atoms with van der Waals surface area (Å²) in [7, 11) is 0. The summed E-state index contributed by atoms with van der Waals surface area (Å²) in [6, 6.07) is 0. The number of ether oxygens (including phenoxy) is 1. The lowest BCUT2D eigenvalue weighted by molar-refractivity contribution is 0.122. The van der Waals surface area contributed by atoms with E-state index in [4.69, 9.17) is 17.0 Å². The van der Waals surface area contributed by atoms with E-state index in [0.717, 1.165) is 62.2 Å². The smallest absolute Gasteiger partial charge is 0.256 e. The Labute approximate surface area is 148 Å². The summed E-state index contributed by atoms with van der Waals surface area (Å²) in [4.78, 5) is 28.2. The van der Waals surface area contributed by atoms with Crippen molar-refractivity contribution in [3.63, 3.8) is 0 Å². The van der Waals surface area contributed by atoms with Gasteiger partial charge in [-0.1, -0.05) is 0 Å². The van der Waals surface area contributed by atoms with Crippen molar-refractivity contribution >= 4 is 28.7 Å². The Kier molecular flexibility index (Phi) is 4.49. The number of fused-ring (bicyclic) bond motifs is 1. The molecule has 2 aliphatic heterocycles. The number of anilines is 1. The Morgan fingerprint density at radius 2 is 2.12 bits per heavy atom. The van der Waals surface area contributed by atoms with Crippen molar-refractivity contribution in [1.82, 2.24) is 19.9 Å². The van der Waals surface area contributed by atoms with Crippen molar-refractivity contribution in [2.45, 2.75) is 19.5 Å². The first-order valence-corrected chi connectivity index (χ1v) is 9.25. The van der Waals surface area contributed by atoms with Gasteiger partial charge in [0.15, 0.2) is 9.90 Å². The van der Waals surface area contributed by atoms with Gasteiger partial charge >= 0.3 is 0 Å². The van der Waals surface area contributed by atoms with Crippen LogP contribution in [0.5, 0.6) is 0 Å². The Balaban J connectivity index is 1.46. The normalized spacial score (nSPS) is 18.6. The second-order valence-electron chi connectivity index (χ2n) is 6.03. The number of nitrogens with one attached hydrogen (secondary N) is 2. The number of rotatable bonds is 3. The van der Waals surface area contributed by atoms with E-state index in [9.17, 15) is 4.79 Å². The zero-order chi connectivity index (χ0) is 16.5. The first-order chi connectivity index (χ1) is 11.7. The highest BCUT2D eigenvalue weighted by molar-refractivity contribution is 7.71. The van der Waals surface area contributed by atoms with Gasteiger partial charge < -0.3 is 14.6 Å². The zero-order valence-corrected chi connectivity index (χ0v) is 14.8. The van der Waals surface area contributed by atoms with E-state index in [0.29, 0.717) is 11.3 Å². The molecule has 0 atom stereocenters. The minimum atomic E-state index is -0.0724. The molecule has 128 valence electrons. The van der Waals surface area contributed by atoms with Crippen molar-refractivity contribution in [2.75, 3.05) is 37.7 Å². The maximum Gasteiger partial charge on any atom is 0.256 e. The second-order valence-corrected chi connectivity index (χ2v) is 7.54. The third-order valence-corrected chi connectivity index (χ3v) is 5.64. The molecule has 4 rings (SSSR count). The van der Waals surface area contributed by atoms with Gasteiger partial charge in [0.2, 0.25) is 0 Å². The molecular formula is C15H19N5O2S2. The van der Waals surface area contributed by atoms with E-state index in [1.807, 2.05) is 6.20 Å². The van der Waals surface area contributed by atoms with Gasteiger partial charge in [0.1, 0.15) is 0 Å². The van der Waals surface area contributed by atoms with Crippen LogP contribution in [0.1, 0.15) is 16.1 Å². The Morgan fingerprint density at radius 3 is 2.96 bits per heavy atom. The minimum Gasteiger partial charge on any atom is -0.378 e. The molecule has 1 fully saturated rings. The predicted octanol–water partition coefficient (Wildman–Crippen LogP) is 1.28. The molecule has 2 N–H and O–H groups in total. The zero-order valence-electron chi connectivity index (χ0n) is 13.2. The summed E-state index contributed by atoms with van der Waals surface area (Å²) in [6.07, 6.45) is 2.77. The highest BCUT2D eigenvalue weighted by Gasteiger charge is 2.21. The lowest BCUT2D eigenvalue weighted by atomic mass is 10.1. The first-order valence-electron chi connectivity index (χ1n) is 8.03. The number of nitrogens with zero attached hydrogens (tertiary/aromatic N) is 3. The van der Waals surface area contributed by atoms with Gasteiger partial charge in [0.05, 0.1) is 18.8 Å². The lowest BCUT2D eigenvalue weighted by Crippen LogP contribution is -2.36. The summed E-state index contributed by atoms with van der Waals surface area (Å²) in [5, 5.41) is 1.06. The van der Waals surface area contributed by atoms with E-state index in [-0.39, 0.29) is 5.56 Å². The molecule has 0 aromatic carbocycles. The maximum absolute atomic E-state index is 12.1. The molecule has 2 aromatic heterocycles. The van der Waals surface area contributed by atoms with Gasteiger partial charge in [-0.2, -0.15) is 0 Å². The molecule has 0 spiro atoms. The molecule has 9 heteroatoms. The van der Waals surface area contributed by atoms with Crippen molar-refractivity contribution < 1.29 is 4.74 Å². The van der Waals surface area contributed by atoms with Crippen LogP contribution in [0.15, 0.2) is 11.0 Å². The van der Waals surface area contributed by atoms with Crippen LogP contribution in [-0.2, 0) is 24.2 Å². The minimum absolute atomic E-state index is 0.0724. The quantitative estimate of drug-likeness (QED) is 0.798. The standard InChI is InChI=1S/C15H19N5O2S2/c21-13-11-9-19(2-1-12(11)17-14(23)18-13)8-10-7-16-15(24-10)20-3-5-22-6-4-20/h7H,1-6,8-9H2,(H2,17,18,21,23). The van der Waals surface area contributed by atoms with Gasteiger partial charge in [-0.25, -0.2) is 4.98 Å². The van der Waals surface area contributed by atoms with Crippen LogP contribution in [-0.4, -0.2) is 52.7 Å². The molecule has 0 radical (unpaired) electrons. The summed E-state index contributed by atoms with van der Waals surface area (Å²) in [6.45, 7) is 5.70. The summed E-state index contributed by atoms with van der Waals surface area (Å²) in [5.41, 5.74) is 1.70. The van der Waals surface area contributed by atoms with Crippen LogP contribution in [0.2, 0.25) is 0 Å². The highest BCUT2D eigenvalue weighted by atomic mass is 32.1. The van der Waals surface area contributed by atoms with Gasteiger partial charge in [0.25, 0.3) is 5.56 Å². The molecule has 1 saturated heterocycles.